The van der Waals surface area contributed by atoms with Crippen molar-refractivity contribution >= 4 is 5.91 Å². The molecule has 6 nitrogen and oxygen atoms in total. The molecule has 0 N–H and O–H groups in total. The van der Waals surface area contributed by atoms with Crippen molar-refractivity contribution in [3.8, 4) is 0 Å². The van der Waals surface area contributed by atoms with E-state index < -0.39 is 0 Å². The van der Waals surface area contributed by atoms with E-state index in [1.807, 2.05) is 29.9 Å². The first-order valence-electron chi connectivity index (χ1n) is 10.1. The molecule has 0 aliphatic carbocycles. The van der Waals surface area contributed by atoms with Gasteiger partial charge in [-0.1, -0.05) is 6.92 Å². The van der Waals surface area contributed by atoms with E-state index in [1.165, 1.54) is 18.4 Å². The van der Waals surface area contributed by atoms with Crippen LogP contribution in [0.5, 0.6) is 0 Å². The van der Waals surface area contributed by atoms with E-state index >= 15 is 0 Å². The summed E-state index contributed by atoms with van der Waals surface area (Å²) < 4.78 is 7.30. The fourth-order valence-electron chi connectivity index (χ4n) is 4.56. The largest absolute Gasteiger partial charge is 0.381 e. The minimum Gasteiger partial charge on any atom is -0.381 e. The van der Waals surface area contributed by atoms with E-state index in [4.69, 9.17) is 4.74 Å². The zero-order valence-electron chi connectivity index (χ0n) is 16.6. The van der Waals surface area contributed by atoms with Crippen molar-refractivity contribution in [1.82, 2.24) is 19.6 Å². The van der Waals surface area contributed by atoms with E-state index in [9.17, 15) is 4.79 Å². The molecule has 2 aliphatic heterocycles. The number of rotatable bonds is 7. The van der Waals surface area contributed by atoms with E-state index in [0.29, 0.717) is 24.3 Å². The van der Waals surface area contributed by atoms with Crippen molar-refractivity contribution in [2.45, 2.75) is 45.1 Å². The predicted molar refractivity (Wildman–Crippen MR) is 102 cm³/mol. The Hall–Kier alpha value is -1.40. The van der Waals surface area contributed by atoms with Gasteiger partial charge in [0.25, 0.3) is 0 Å². The van der Waals surface area contributed by atoms with Gasteiger partial charge in [0.2, 0.25) is 5.91 Å². The number of carbonyl (C=O) groups is 1. The summed E-state index contributed by atoms with van der Waals surface area (Å²) in [5, 5.41) is 4.38. The van der Waals surface area contributed by atoms with Crippen LogP contribution in [-0.2, 0) is 16.6 Å². The summed E-state index contributed by atoms with van der Waals surface area (Å²) >= 11 is 0. The molecule has 0 bridgehead atoms. The van der Waals surface area contributed by atoms with Gasteiger partial charge in [-0.25, -0.2) is 0 Å². The Morgan fingerprint density at radius 1 is 1.42 bits per heavy atom. The molecule has 146 valence electrons. The van der Waals surface area contributed by atoms with Gasteiger partial charge < -0.3 is 9.64 Å². The highest BCUT2D eigenvalue weighted by Crippen LogP contribution is 2.36. The lowest BCUT2D eigenvalue weighted by Crippen LogP contribution is -2.43. The topological polar surface area (TPSA) is 50.6 Å². The number of ether oxygens (including phenoxy) is 1. The van der Waals surface area contributed by atoms with E-state index in [1.54, 1.807) is 0 Å². The normalized spacial score (nSPS) is 27.0. The van der Waals surface area contributed by atoms with Crippen LogP contribution >= 0.6 is 0 Å². The quantitative estimate of drug-likeness (QED) is 0.748. The monoisotopic (exact) mass is 362 g/mol. The highest BCUT2D eigenvalue weighted by Gasteiger charge is 2.34. The summed E-state index contributed by atoms with van der Waals surface area (Å²) in [5.41, 5.74) is 1.28. The van der Waals surface area contributed by atoms with Gasteiger partial charge in [-0.3, -0.25) is 14.4 Å². The van der Waals surface area contributed by atoms with E-state index in [-0.39, 0.29) is 5.91 Å². The van der Waals surface area contributed by atoms with Crippen LogP contribution in [0.3, 0.4) is 0 Å². The third-order valence-corrected chi connectivity index (χ3v) is 6.06. The summed E-state index contributed by atoms with van der Waals surface area (Å²) in [5.74, 6) is 1.31. The number of piperidine rings is 1. The van der Waals surface area contributed by atoms with Gasteiger partial charge in [-0.15, -0.1) is 0 Å². The molecule has 0 radical (unpaired) electrons. The zero-order valence-corrected chi connectivity index (χ0v) is 16.6. The number of aromatic nitrogens is 2. The molecule has 1 amide bonds. The van der Waals surface area contributed by atoms with Crippen LogP contribution < -0.4 is 0 Å². The smallest absolute Gasteiger partial charge is 0.222 e. The van der Waals surface area contributed by atoms with Crippen LogP contribution in [0.25, 0.3) is 0 Å². The van der Waals surface area contributed by atoms with Crippen LogP contribution in [0.15, 0.2) is 12.4 Å². The summed E-state index contributed by atoms with van der Waals surface area (Å²) in [6, 6.07) is 0.362. The second-order valence-electron chi connectivity index (χ2n) is 7.97. The number of carbonyl (C=O) groups excluding carboxylic acids is 1. The molecule has 2 saturated heterocycles. The molecule has 1 aromatic heterocycles. The van der Waals surface area contributed by atoms with E-state index in [0.717, 1.165) is 45.7 Å². The van der Waals surface area contributed by atoms with Crippen LogP contribution in [0, 0.1) is 11.8 Å². The van der Waals surface area contributed by atoms with E-state index in [2.05, 4.69) is 23.1 Å². The molecule has 2 fully saturated rings. The van der Waals surface area contributed by atoms with Gasteiger partial charge in [0.05, 0.1) is 6.20 Å². The summed E-state index contributed by atoms with van der Waals surface area (Å²) in [7, 11) is 3.94. The number of hydrogen-bond acceptors (Lipinski definition) is 4. The summed E-state index contributed by atoms with van der Waals surface area (Å²) in [6.07, 6.45) is 9.21. The maximum absolute atomic E-state index is 12.6. The molecule has 0 spiro atoms. The highest BCUT2D eigenvalue weighted by molar-refractivity contribution is 5.75. The number of likely N-dealkylation sites (tertiary alicyclic amines) is 1. The van der Waals surface area contributed by atoms with Crippen molar-refractivity contribution in [1.29, 1.82) is 0 Å². The van der Waals surface area contributed by atoms with Crippen molar-refractivity contribution < 1.29 is 9.53 Å². The molecular weight excluding hydrogens is 328 g/mol. The van der Waals surface area contributed by atoms with Crippen LogP contribution in [0.2, 0.25) is 0 Å². The van der Waals surface area contributed by atoms with Gasteiger partial charge in [-0.2, -0.15) is 5.10 Å². The fourth-order valence-corrected chi connectivity index (χ4v) is 4.56. The molecule has 26 heavy (non-hydrogen) atoms. The first kappa shape index (κ1) is 19.4. The Morgan fingerprint density at radius 2 is 2.27 bits per heavy atom. The lowest BCUT2D eigenvalue weighted by molar-refractivity contribution is -0.131. The molecule has 3 atom stereocenters. The van der Waals surface area contributed by atoms with Crippen molar-refractivity contribution in [2.75, 3.05) is 39.9 Å². The molecule has 6 heteroatoms. The first-order valence-corrected chi connectivity index (χ1v) is 10.1. The summed E-state index contributed by atoms with van der Waals surface area (Å²) in [4.78, 5) is 17.1. The third kappa shape index (κ3) is 4.65. The number of hydrogen-bond donors (Lipinski definition) is 0. The molecule has 3 rings (SSSR count). The minimum atomic E-state index is 0.274. The lowest BCUT2D eigenvalue weighted by atomic mass is 9.85. The number of amides is 1. The third-order valence-electron chi connectivity index (χ3n) is 6.06. The van der Waals surface area contributed by atoms with Crippen molar-refractivity contribution in [3.63, 3.8) is 0 Å². The molecule has 1 unspecified atom stereocenters. The first-order chi connectivity index (χ1) is 12.6. The van der Waals surface area contributed by atoms with Gasteiger partial charge in [0.15, 0.2) is 0 Å². The Balaban J connectivity index is 1.60. The van der Waals surface area contributed by atoms with Crippen LogP contribution in [0.4, 0.5) is 0 Å². The average molecular weight is 363 g/mol. The van der Waals surface area contributed by atoms with Gasteiger partial charge in [0.1, 0.15) is 0 Å². The number of nitrogens with zero attached hydrogens (tertiary/aromatic N) is 4. The second-order valence-corrected chi connectivity index (χ2v) is 7.97. The fraction of sp³-hybridized carbons (Fsp3) is 0.800. The second kappa shape index (κ2) is 9.00. The molecule has 3 heterocycles. The van der Waals surface area contributed by atoms with Crippen LogP contribution in [0.1, 0.15) is 50.6 Å². The van der Waals surface area contributed by atoms with Gasteiger partial charge in [0, 0.05) is 58.1 Å². The minimum absolute atomic E-state index is 0.274. The molecule has 1 aromatic rings. The predicted octanol–water partition coefficient (Wildman–Crippen LogP) is 2.47. The Bertz CT molecular complexity index is 582. The van der Waals surface area contributed by atoms with Crippen molar-refractivity contribution in [2.24, 2.45) is 18.9 Å². The highest BCUT2D eigenvalue weighted by atomic mass is 16.5. The van der Waals surface area contributed by atoms with Crippen LogP contribution in [-0.4, -0.2) is 65.4 Å². The molecule has 0 aromatic carbocycles. The zero-order chi connectivity index (χ0) is 18.5. The summed E-state index contributed by atoms with van der Waals surface area (Å²) in [6.45, 7) is 6.91. The Morgan fingerprint density at radius 3 is 2.92 bits per heavy atom. The SMILES string of the molecule is CCN1CCC[C@@H](CN(C)C(=O)CCC2CCOC2)[C@@H]1c1cnn(C)c1. The molecule has 0 saturated carbocycles. The maximum atomic E-state index is 12.6. The van der Waals surface area contributed by atoms with Gasteiger partial charge in [-0.05, 0) is 50.6 Å². The number of aryl methyl sites for hydroxylation is 1. The maximum Gasteiger partial charge on any atom is 0.222 e. The lowest BCUT2D eigenvalue weighted by Gasteiger charge is -2.42. The molecule has 2 aliphatic rings. The van der Waals surface area contributed by atoms with Gasteiger partial charge >= 0.3 is 0 Å². The van der Waals surface area contributed by atoms with Crippen molar-refractivity contribution in [3.05, 3.63) is 18.0 Å². The standard InChI is InChI=1S/C20H34N4O2/c1-4-24-10-5-6-17(20(24)18-12-21-23(3)14-18)13-22(2)19(25)8-7-16-9-11-26-15-16/h12,14,16-17,20H,4-11,13,15H2,1-3H3/t16?,17-,20+/m0/s1. The Labute approximate surface area is 157 Å². The molecular formula is C20H34N4O2. The Kier molecular flexibility index (Phi) is 6.70. The average Bonchev–Trinajstić information content (AvgIpc) is 3.30.